The zero-order valence-corrected chi connectivity index (χ0v) is 10.5. The lowest BCUT2D eigenvalue weighted by Gasteiger charge is -2.08. The molecular formula is C12H17N3OS. The molecule has 0 spiro atoms. The molecule has 0 bridgehead atoms. The van der Waals surface area contributed by atoms with Gasteiger partial charge in [-0.3, -0.25) is 15.2 Å². The van der Waals surface area contributed by atoms with E-state index in [9.17, 15) is 4.79 Å². The van der Waals surface area contributed by atoms with Crippen molar-refractivity contribution < 1.29 is 4.79 Å². The van der Waals surface area contributed by atoms with Crippen molar-refractivity contribution in [3.8, 4) is 0 Å². The van der Waals surface area contributed by atoms with Gasteiger partial charge in [0.05, 0.1) is 11.3 Å². The van der Waals surface area contributed by atoms with Crippen molar-refractivity contribution in [3.05, 3.63) is 29.6 Å². The number of thioether (sulfide) groups is 1. The second-order valence-corrected chi connectivity index (χ2v) is 5.52. The fourth-order valence-corrected chi connectivity index (χ4v) is 3.23. The summed E-state index contributed by atoms with van der Waals surface area (Å²) in [5.41, 5.74) is 3.62. The van der Waals surface area contributed by atoms with Gasteiger partial charge in [-0.15, -0.1) is 0 Å². The summed E-state index contributed by atoms with van der Waals surface area (Å²) in [4.78, 5) is 15.5. The van der Waals surface area contributed by atoms with Crippen LogP contribution in [-0.4, -0.2) is 16.1 Å². The quantitative estimate of drug-likeness (QED) is 0.487. The van der Waals surface area contributed by atoms with Crippen molar-refractivity contribution in [2.45, 2.75) is 36.7 Å². The van der Waals surface area contributed by atoms with Gasteiger partial charge in [-0.25, -0.2) is 5.84 Å². The number of rotatable bonds is 4. The number of pyridine rings is 1. The SMILES string of the molecule is NNC(=O)c1ccc(CSC2CCCC2)nc1. The highest BCUT2D eigenvalue weighted by molar-refractivity contribution is 7.99. The van der Waals surface area contributed by atoms with Crippen molar-refractivity contribution in [1.82, 2.24) is 10.4 Å². The van der Waals surface area contributed by atoms with E-state index in [1.165, 1.54) is 25.7 Å². The largest absolute Gasteiger partial charge is 0.290 e. The number of amides is 1. The van der Waals surface area contributed by atoms with Gasteiger partial charge in [-0.1, -0.05) is 12.8 Å². The molecule has 1 aliphatic carbocycles. The lowest BCUT2D eigenvalue weighted by Crippen LogP contribution is -2.30. The molecule has 1 fully saturated rings. The van der Waals surface area contributed by atoms with E-state index < -0.39 is 0 Å². The van der Waals surface area contributed by atoms with Gasteiger partial charge in [0, 0.05) is 17.2 Å². The first-order valence-electron chi connectivity index (χ1n) is 5.87. The number of carbonyl (C=O) groups is 1. The average Bonchev–Trinajstić information content (AvgIpc) is 2.89. The van der Waals surface area contributed by atoms with Crippen molar-refractivity contribution >= 4 is 17.7 Å². The van der Waals surface area contributed by atoms with Crippen LogP contribution in [0.2, 0.25) is 0 Å². The Morgan fingerprint density at radius 3 is 2.82 bits per heavy atom. The van der Waals surface area contributed by atoms with E-state index in [2.05, 4.69) is 10.4 Å². The number of nitrogens with zero attached hydrogens (tertiary/aromatic N) is 1. The molecule has 1 saturated carbocycles. The third-order valence-electron chi connectivity index (χ3n) is 2.99. The summed E-state index contributed by atoms with van der Waals surface area (Å²) < 4.78 is 0. The first-order chi connectivity index (χ1) is 8.29. The molecule has 0 unspecified atom stereocenters. The van der Waals surface area contributed by atoms with E-state index in [0.717, 1.165) is 16.7 Å². The summed E-state index contributed by atoms with van der Waals surface area (Å²) in [6.45, 7) is 0. The van der Waals surface area contributed by atoms with Crippen molar-refractivity contribution in [2.24, 2.45) is 5.84 Å². The summed E-state index contributed by atoms with van der Waals surface area (Å²) in [6.07, 6.45) is 6.96. The van der Waals surface area contributed by atoms with Gasteiger partial charge in [0.1, 0.15) is 0 Å². The molecule has 1 heterocycles. The molecule has 92 valence electrons. The van der Waals surface area contributed by atoms with Crippen LogP contribution in [0, 0.1) is 0 Å². The molecule has 0 radical (unpaired) electrons. The summed E-state index contributed by atoms with van der Waals surface area (Å²) in [7, 11) is 0. The Kier molecular flexibility index (Phi) is 4.39. The molecule has 0 atom stereocenters. The standard InChI is InChI=1S/C12H17N3OS/c13-15-12(16)9-5-6-10(14-7-9)8-17-11-3-1-2-4-11/h5-7,11H,1-4,8,13H2,(H,15,16). The monoisotopic (exact) mass is 251 g/mol. The highest BCUT2D eigenvalue weighted by Crippen LogP contribution is 2.31. The van der Waals surface area contributed by atoms with Gasteiger partial charge < -0.3 is 0 Å². The first-order valence-corrected chi connectivity index (χ1v) is 6.92. The Balaban J connectivity index is 1.87. The highest BCUT2D eigenvalue weighted by atomic mass is 32.2. The van der Waals surface area contributed by atoms with Crippen LogP contribution < -0.4 is 11.3 Å². The molecule has 5 heteroatoms. The Morgan fingerprint density at radius 1 is 1.47 bits per heavy atom. The summed E-state index contributed by atoms with van der Waals surface area (Å²) in [5, 5.41) is 0.795. The van der Waals surface area contributed by atoms with Crippen LogP contribution in [0.5, 0.6) is 0 Å². The molecule has 1 aromatic rings. The maximum atomic E-state index is 11.2. The number of nitrogen functional groups attached to an aromatic ring is 1. The van der Waals surface area contributed by atoms with Crippen LogP contribution in [0.25, 0.3) is 0 Å². The molecule has 3 N–H and O–H groups in total. The van der Waals surface area contributed by atoms with E-state index >= 15 is 0 Å². The molecule has 17 heavy (non-hydrogen) atoms. The Morgan fingerprint density at radius 2 is 2.24 bits per heavy atom. The zero-order chi connectivity index (χ0) is 12.1. The van der Waals surface area contributed by atoms with Crippen LogP contribution in [0.15, 0.2) is 18.3 Å². The molecule has 4 nitrogen and oxygen atoms in total. The third-order valence-corrected chi connectivity index (χ3v) is 4.39. The van der Waals surface area contributed by atoms with Crippen LogP contribution >= 0.6 is 11.8 Å². The number of hydrogen-bond acceptors (Lipinski definition) is 4. The Labute approximate surface area is 105 Å². The minimum absolute atomic E-state index is 0.299. The average molecular weight is 251 g/mol. The Bertz CT molecular complexity index is 374. The normalized spacial score (nSPS) is 16.1. The number of hydrazine groups is 1. The van der Waals surface area contributed by atoms with Crippen molar-refractivity contribution in [2.75, 3.05) is 0 Å². The third kappa shape index (κ3) is 3.44. The molecule has 0 saturated heterocycles. The van der Waals surface area contributed by atoms with E-state index in [1.54, 1.807) is 12.3 Å². The summed E-state index contributed by atoms with van der Waals surface area (Å²) in [6, 6.07) is 3.66. The highest BCUT2D eigenvalue weighted by Gasteiger charge is 2.15. The zero-order valence-electron chi connectivity index (χ0n) is 9.69. The maximum Gasteiger partial charge on any atom is 0.266 e. The van der Waals surface area contributed by atoms with Crippen molar-refractivity contribution in [1.29, 1.82) is 0 Å². The number of carbonyl (C=O) groups excluding carboxylic acids is 1. The van der Waals surface area contributed by atoms with E-state index in [4.69, 9.17) is 5.84 Å². The maximum absolute atomic E-state index is 11.2. The van der Waals surface area contributed by atoms with Gasteiger partial charge >= 0.3 is 0 Å². The van der Waals surface area contributed by atoms with Gasteiger partial charge in [-0.05, 0) is 25.0 Å². The molecule has 2 rings (SSSR count). The first kappa shape index (κ1) is 12.4. The minimum atomic E-state index is -0.299. The topological polar surface area (TPSA) is 68.0 Å². The van der Waals surface area contributed by atoms with Gasteiger partial charge in [0.25, 0.3) is 5.91 Å². The molecule has 0 aromatic carbocycles. The second-order valence-electron chi connectivity index (χ2n) is 4.23. The number of nitrogens with one attached hydrogen (secondary N) is 1. The lowest BCUT2D eigenvalue weighted by molar-refractivity contribution is 0.0953. The number of aromatic nitrogens is 1. The number of nitrogens with two attached hydrogens (primary N) is 1. The van der Waals surface area contributed by atoms with Crippen LogP contribution in [-0.2, 0) is 5.75 Å². The summed E-state index contributed by atoms with van der Waals surface area (Å²) >= 11 is 1.97. The van der Waals surface area contributed by atoms with E-state index in [0.29, 0.717) is 5.56 Å². The predicted molar refractivity (Wildman–Crippen MR) is 69.4 cm³/mol. The molecule has 1 amide bonds. The van der Waals surface area contributed by atoms with Gasteiger partial charge in [0.15, 0.2) is 0 Å². The fourth-order valence-electron chi connectivity index (χ4n) is 1.99. The van der Waals surface area contributed by atoms with Crippen LogP contribution in [0.1, 0.15) is 41.7 Å². The molecule has 1 aromatic heterocycles. The van der Waals surface area contributed by atoms with E-state index in [1.807, 2.05) is 17.8 Å². The van der Waals surface area contributed by atoms with Gasteiger partial charge in [0.2, 0.25) is 0 Å². The fraction of sp³-hybridized carbons (Fsp3) is 0.500. The Hall–Kier alpha value is -1.07. The molecular weight excluding hydrogens is 234 g/mol. The smallest absolute Gasteiger partial charge is 0.266 e. The van der Waals surface area contributed by atoms with Crippen LogP contribution in [0.3, 0.4) is 0 Å². The molecule has 0 aliphatic heterocycles. The predicted octanol–water partition coefficient (Wildman–Crippen LogP) is 1.86. The minimum Gasteiger partial charge on any atom is -0.290 e. The second kappa shape index (κ2) is 6.02. The van der Waals surface area contributed by atoms with Gasteiger partial charge in [-0.2, -0.15) is 11.8 Å². The lowest BCUT2D eigenvalue weighted by atomic mass is 10.2. The van der Waals surface area contributed by atoms with Crippen LogP contribution in [0.4, 0.5) is 0 Å². The number of hydrogen-bond donors (Lipinski definition) is 2. The summed E-state index contributed by atoms with van der Waals surface area (Å²) in [5.74, 6) is 5.68. The molecule has 1 aliphatic rings. The van der Waals surface area contributed by atoms with Crippen molar-refractivity contribution in [3.63, 3.8) is 0 Å². The van der Waals surface area contributed by atoms with E-state index in [-0.39, 0.29) is 5.91 Å².